The van der Waals surface area contributed by atoms with Crippen LogP contribution in [-0.4, -0.2) is 37.9 Å². The number of nitrogens with zero attached hydrogens (tertiary/aromatic N) is 4. The number of nitrogens with one attached hydrogen (secondary N) is 1. The lowest BCUT2D eigenvalue weighted by Crippen LogP contribution is -2.32. The fourth-order valence-electron chi connectivity index (χ4n) is 3.10. The Kier molecular flexibility index (Phi) is 5.05. The Labute approximate surface area is 173 Å². The molecule has 2 heterocycles. The molecule has 0 spiro atoms. The number of phenolic OH excluding ortho intramolecular Hbond substituents is 1. The Balaban J connectivity index is 1.92. The van der Waals surface area contributed by atoms with Gasteiger partial charge in [-0.1, -0.05) is 31.2 Å². The molecule has 0 radical (unpaired) electrons. The number of benzene rings is 2. The van der Waals surface area contributed by atoms with Gasteiger partial charge in [0.25, 0.3) is 5.91 Å². The number of aromatic nitrogens is 3. The average molecular weight is 402 g/mol. The number of carbonyl (C=O) groups is 1. The van der Waals surface area contributed by atoms with Crippen LogP contribution in [-0.2, 0) is 0 Å². The molecule has 2 aromatic carbocycles. The number of amides is 1. The Morgan fingerprint density at radius 1 is 1.20 bits per heavy atom. The van der Waals surface area contributed by atoms with Gasteiger partial charge in [0.15, 0.2) is 5.65 Å². The number of hydrogen-bond acceptors (Lipinski definition) is 6. The quantitative estimate of drug-likeness (QED) is 0.443. The monoisotopic (exact) mass is 402 g/mol. The van der Waals surface area contributed by atoms with E-state index in [4.69, 9.17) is 5.73 Å². The number of anilines is 1. The maximum atomic E-state index is 13.0. The van der Waals surface area contributed by atoms with Gasteiger partial charge < -0.3 is 16.2 Å². The van der Waals surface area contributed by atoms with Crippen LogP contribution in [0.5, 0.6) is 5.75 Å². The van der Waals surface area contributed by atoms with Crippen molar-refractivity contribution < 1.29 is 9.90 Å². The SMILES string of the molecule is CC[C@H](C)NC(=O)c1c(N)n(/N=C/c2ccccc2O)c2nc3ccccc3nc12. The molecule has 4 N–H and O–H groups in total. The van der Waals surface area contributed by atoms with Gasteiger partial charge in [-0.05, 0) is 37.6 Å². The number of aromatic hydroxyl groups is 1. The molecule has 0 saturated heterocycles. The first-order valence-electron chi connectivity index (χ1n) is 9.69. The maximum absolute atomic E-state index is 13.0. The van der Waals surface area contributed by atoms with Crippen molar-refractivity contribution in [3.05, 3.63) is 59.7 Å². The van der Waals surface area contributed by atoms with E-state index in [0.29, 0.717) is 27.8 Å². The highest BCUT2D eigenvalue weighted by molar-refractivity contribution is 6.10. The number of phenols is 1. The Morgan fingerprint density at radius 3 is 2.57 bits per heavy atom. The lowest BCUT2D eigenvalue weighted by atomic mass is 10.2. The molecule has 152 valence electrons. The summed E-state index contributed by atoms with van der Waals surface area (Å²) in [5.74, 6) is -0.108. The fraction of sp³-hybridized carbons (Fsp3) is 0.182. The Bertz CT molecular complexity index is 1280. The van der Waals surface area contributed by atoms with Crippen LogP contribution in [0.25, 0.3) is 22.2 Å². The van der Waals surface area contributed by atoms with Crippen LogP contribution in [0.15, 0.2) is 53.6 Å². The maximum Gasteiger partial charge on any atom is 0.257 e. The molecule has 30 heavy (non-hydrogen) atoms. The van der Waals surface area contributed by atoms with Gasteiger partial charge in [0.1, 0.15) is 22.6 Å². The standard InChI is InChI=1S/C22H22N6O2/c1-3-13(2)25-22(30)18-19-21(27-16-10-6-5-9-15(16)26-19)28(20(18)23)24-12-14-8-4-7-11-17(14)29/h4-13,29H,3,23H2,1-2H3,(H,25,30)/b24-12+/t13-/m0/s1. The van der Waals surface area contributed by atoms with E-state index in [-0.39, 0.29) is 29.1 Å². The first-order chi connectivity index (χ1) is 14.5. The molecule has 0 aliphatic carbocycles. The zero-order chi connectivity index (χ0) is 21.3. The topological polar surface area (TPSA) is 118 Å². The van der Waals surface area contributed by atoms with Crippen molar-refractivity contribution >= 4 is 40.1 Å². The number of hydrogen-bond donors (Lipinski definition) is 3. The molecule has 0 bridgehead atoms. The van der Waals surface area contributed by atoms with Gasteiger partial charge >= 0.3 is 0 Å². The molecule has 0 aliphatic rings. The average Bonchev–Trinajstić information content (AvgIpc) is 3.01. The minimum atomic E-state index is -0.326. The van der Waals surface area contributed by atoms with Crippen LogP contribution in [0.3, 0.4) is 0 Å². The fourth-order valence-corrected chi connectivity index (χ4v) is 3.10. The largest absolute Gasteiger partial charge is 0.507 e. The second kappa shape index (κ2) is 7.82. The third kappa shape index (κ3) is 3.43. The lowest BCUT2D eigenvalue weighted by Gasteiger charge is -2.11. The molecule has 2 aromatic heterocycles. The summed E-state index contributed by atoms with van der Waals surface area (Å²) >= 11 is 0. The number of fused-ring (bicyclic) bond motifs is 2. The van der Waals surface area contributed by atoms with Gasteiger partial charge in [-0.2, -0.15) is 9.78 Å². The highest BCUT2D eigenvalue weighted by Crippen LogP contribution is 2.28. The summed E-state index contributed by atoms with van der Waals surface area (Å²) in [6.07, 6.45) is 2.25. The van der Waals surface area contributed by atoms with Crippen LogP contribution >= 0.6 is 0 Å². The van der Waals surface area contributed by atoms with E-state index in [0.717, 1.165) is 6.42 Å². The van der Waals surface area contributed by atoms with Crippen LogP contribution in [0.4, 0.5) is 5.82 Å². The number of nitrogen functional groups attached to an aromatic ring is 1. The zero-order valence-electron chi connectivity index (χ0n) is 16.7. The van der Waals surface area contributed by atoms with Crippen LogP contribution in [0.2, 0.25) is 0 Å². The molecule has 4 rings (SSSR count). The summed E-state index contributed by atoms with van der Waals surface area (Å²) in [6, 6.07) is 14.2. The molecule has 1 atom stereocenters. The summed E-state index contributed by atoms with van der Waals surface area (Å²) in [7, 11) is 0. The van der Waals surface area contributed by atoms with Gasteiger partial charge in [0.2, 0.25) is 0 Å². The number of para-hydroxylation sites is 3. The highest BCUT2D eigenvalue weighted by atomic mass is 16.3. The van der Waals surface area contributed by atoms with Crippen molar-refractivity contribution in [3.63, 3.8) is 0 Å². The summed E-state index contributed by atoms with van der Waals surface area (Å²) in [6.45, 7) is 3.91. The summed E-state index contributed by atoms with van der Waals surface area (Å²) in [5, 5.41) is 17.3. The number of nitrogens with two attached hydrogens (primary N) is 1. The van der Waals surface area contributed by atoms with Crippen molar-refractivity contribution in [2.24, 2.45) is 5.10 Å². The van der Waals surface area contributed by atoms with E-state index in [2.05, 4.69) is 20.4 Å². The molecule has 8 heteroatoms. The minimum absolute atomic E-state index is 0.0199. The van der Waals surface area contributed by atoms with Crippen LogP contribution in [0, 0.1) is 0 Å². The third-order valence-corrected chi connectivity index (χ3v) is 4.94. The van der Waals surface area contributed by atoms with E-state index < -0.39 is 0 Å². The summed E-state index contributed by atoms with van der Waals surface area (Å²) in [5.41, 5.74) is 9.15. The second-order valence-corrected chi connectivity index (χ2v) is 7.04. The van der Waals surface area contributed by atoms with E-state index in [1.807, 2.05) is 38.1 Å². The van der Waals surface area contributed by atoms with Crippen molar-refractivity contribution in [1.29, 1.82) is 0 Å². The van der Waals surface area contributed by atoms with E-state index in [1.54, 1.807) is 24.3 Å². The number of rotatable bonds is 5. The highest BCUT2D eigenvalue weighted by Gasteiger charge is 2.24. The predicted octanol–water partition coefficient (Wildman–Crippen LogP) is 3.28. The van der Waals surface area contributed by atoms with Crippen molar-refractivity contribution in [1.82, 2.24) is 20.0 Å². The van der Waals surface area contributed by atoms with Crippen molar-refractivity contribution in [3.8, 4) is 5.75 Å². The van der Waals surface area contributed by atoms with Gasteiger partial charge in [-0.15, -0.1) is 0 Å². The molecule has 8 nitrogen and oxygen atoms in total. The molecule has 0 unspecified atom stereocenters. The summed E-state index contributed by atoms with van der Waals surface area (Å²) in [4.78, 5) is 22.2. The predicted molar refractivity (Wildman–Crippen MR) is 118 cm³/mol. The Morgan fingerprint density at radius 2 is 1.87 bits per heavy atom. The van der Waals surface area contributed by atoms with Crippen molar-refractivity contribution in [2.45, 2.75) is 26.3 Å². The first-order valence-corrected chi connectivity index (χ1v) is 9.69. The van der Waals surface area contributed by atoms with Gasteiger partial charge in [-0.3, -0.25) is 4.79 Å². The minimum Gasteiger partial charge on any atom is -0.507 e. The molecule has 0 aliphatic heterocycles. The molecule has 1 amide bonds. The van der Waals surface area contributed by atoms with Crippen molar-refractivity contribution in [2.75, 3.05) is 5.73 Å². The number of carbonyl (C=O) groups excluding carboxylic acids is 1. The van der Waals surface area contributed by atoms with Gasteiger partial charge in [0.05, 0.1) is 17.2 Å². The summed E-state index contributed by atoms with van der Waals surface area (Å²) < 4.78 is 1.38. The zero-order valence-corrected chi connectivity index (χ0v) is 16.7. The Hall–Kier alpha value is -3.94. The molecule has 0 saturated carbocycles. The first kappa shape index (κ1) is 19.4. The molecular formula is C22H22N6O2. The normalized spacial score (nSPS) is 12.6. The van der Waals surface area contributed by atoms with Gasteiger partial charge in [0, 0.05) is 11.6 Å². The van der Waals surface area contributed by atoms with Gasteiger partial charge in [-0.25, -0.2) is 9.97 Å². The van der Waals surface area contributed by atoms with Crippen LogP contribution < -0.4 is 11.1 Å². The molecule has 4 aromatic rings. The van der Waals surface area contributed by atoms with E-state index in [1.165, 1.54) is 10.9 Å². The van der Waals surface area contributed by atoms with E-state index in [9.17, 15) is 9.90 Å². The molecule has 0 fully saturated rings. The third-order valence-electron chi connectivity index (χ3n) is 4.94. The van der Waals surface area contributed by atoms with E-state index >= 15 is 0 Å². The van der Waals surface area contributed by atoms with Crippen LogP contribution in [0.1, 0.15) is 36.2 Å². The lowest BCUT2D eigenvalue weighted by molar-refractivity contribution is 0.0941. The smallest absolute Gasteiger partial charge is 0.257 e. The molecular weight excluding hydrogens is 380 g/mol. The second-order valence-electron chi connectivity index (χ2n) is 7.04.